The fourth-order valence-electron chi connectivity index (χ4n) is 2.11. The summed E-state index contributed by atoms with van der Waals surface area (Å²) in [5, 5.41) is 3.89. The number of aromatic amines is 1. The first kappa shape index (κ1) is 16.3. The lowest BCUT2D eigenvalue weighted by molar-refractivity contribution is -0.140. The van der Waals surface area contributed by atoms with Gasteiger partial charge in [0.05, 0.1) is 6.61 Å². The average molecular weight is 355 g/mol. The van der Waals surface area contributed by atoms with E-state index in [1.165, 1.54) is 0 Å². The van der Waals surface area contributed by atoms with Crippen LogP contribution in [0.25, 0.3) is 10.9 Å². The summed E-state index contributed by atoms with van der Waals surface area (Å²) in [5.74, 6) is 0.0979. The summed E-state index contributed by atoms with van der Waals surface area (Å²) in [6.07, 6.45) is -4.53. The zero-order chi connectivity index (χ0) is 17.3. The summed E-state index contributed by atoms with van der Waals surface area (Å²) in [6.45, 7) is 2.38. The van der Waals surface area contributed by atoms with Crippen LogP contribution in [-0.2, 0) is 6.18 Å². The highest BCUT2D eigenvalue weighted by atomic mass is 32.1. The lowest BCUT2D eigenvalue weighted by atomic mass is 10.2. The van der Waals surface area contributed by atoms with Crippen molar-refractivity contribution < 1.29 is 22.7 Å². The first-order valence-electron chi connectivity index (χ1n) is 6.96. The van der Waals surface area contributed by atoms with Gasteiger partial charge in [0.25, 0.3) is 5.91 Å². The molecule has 0 saturated heterocycles. The largest absolute Gasteiger partial charge is 0.494 e. The van der Waals surface area contributed by atoms with Crippen molar-refractivity contribution in [3.63, 3.8) is 0 Å². The van der Waals surface area contributed by atoms with Crippen LogP contribution >= 0.6 is 11.3 Å². The zero-order valence-electron chi connectivity index (χ0n) is 12.4. The highest BCUT2D eigenvalue weighted by Crippen LogP contribution is 2.31. The van der Waals surface area contributed by atoms with E-state index >= 15 is 0 Å². The minimum atomic E-state index is -4.53. The van der Waals surface area contributed by atoms with Crippen molar-refractivity contribution in [2.24, 2.45) is 0 Å². The van der Waals surface area contributed by atoms with Gasteiger partial charge in [0.1, 0.15) is 11.4 Å². The number of nitrogens with zero attached hydrogens (tertiary/aromatic N) is 1. The molecule has 0 radical (unpaired) electrons. The number of alkyl halides is 3. The molecule has 0 bridgehead atoms. The number of hydrogen-bond donors (Lipinski definition) is 2. The van der Waals surface area contributed by atoms with E-state index in [1.54, 1.807) is 24.3 Å². The van der Waals surface area contributed by atoms with Gasteiger partial charge >= 0.3 is 6.18 Å². The van der Waals surface area contributed by atoms with Crippen LogP contribution in [0, 0.1) is 0 Å². The summed E-state index contributed by atoms with van der Waals surface area (Å²) < 4.78 is 42.9. The number of nitrogens with one attached hydrogen (secondary N) is 2. The second-order valence-corrected chi connectivity index (χ2v) is 5.71. The fourth-order valence-corrected chi connectivity index (χ4v) is 2.82. The Morgan fingerprint density at radius 3 is 2.83 bits per heavy atom. The Morgan fingerprint density at radius 1 is 1.38 bits per heavy atom. The van der Waals surface area contributed by atoms with Crippen LogP contribution in [0.4, 0.5) is 18.3 Å². The third-order valence-electron chi connectivity index (χ3n) is 3.16. The molecule has 0 aliphatic rings. The van der Waals surface area contributed by atoms with Gasteiger partial charge in [0, 0.05) is 22.3 Å². The Balaban J connectivity index is 1.79. The predicted molar refractivity (Wildman–Crippen MR) is 84.5 cm³/mol. The highest BCUT2D eigenvalue weighted by molar-refractivity contribution is 7.14. The van der Waals surface area contributed by atoms with Crippen molar-refractivity contribution in [1.29, 1.82) is 0 Å². The normalized spacial score (nSPS) is 11.7. The van der Waals surface area contributed by atoms with Crippen LogP contribution < -0.4 is 10.1 Å². The molecule has 126 valence electrons. The zero-order valence-corrected chi connectivity index (χ0v) is 13.2. The van der Waals surface area contributed by atoms with Crippen LogP contribution in [0.2, 0.25) is 0 Å². The Bertz CT molecular complexity index is 886. The van der Waals surface area contributed by atoms with Crippen molar-refractivity contribution in [2.75, 3.05) is 11.9 Å². The maximum atomic E-state index is 12.5. The topological polar surface area (TPSA) is 67.0 Å². The number of carbonyl (C=O) groups excluding carboxylic acids is 1. The van der Waals surface area contributed by atoms with Gasteiger partial charge < -0.3 is 9.72 Å². The SMILES string of the molecule is CCOc1ccc2cc(C(=O)Nc3nc(C(F)(F)F)cs3)[nH]c2c1. The maximum Gasteiger partial charge on any atom is 0.434 e. The van der Waals surface area contributed by atoms with E-state index in [9.17, 15) is 18.0 Å². The molecule has 0 spiro atoms. The standard InChI is InChI=1S/C15H12F3N3O2S/c1-2-23-9-4-3-8-5-11(19-10(8)6-9)13(22)21-14-20-12(7-24-14)15(16,17)18/h3-7,19H,2H2,1H3,(H,20,21,22). The van der Waals surface area contributed by atoms with Crippen molar-refractivity contribution in [3.8, 4) is 5.75 Å². The number of fused-ring (bicyclic) bond motifs is 1. The molecule has 0 atom stereocenters. The second-order valence-electron chi connectivity index (χ2n) is 4.85. The molecular weight excluding hydrogens is 343 g/mol. The van der Waals surface area contributed by atoms with E-state index in [0.29, 0.717) is 17.9 Å². The number of aromatic nitrogens is 2. The summed E-state index contributed by atoms with van der Waals surface area (Å²) >= 11 is 0.718. The van der Waals surface area contributed by atoms with Crippen molar-refractivity contribution in [3.05, 3.63) is 41.0 Å². The number of amides is 1. The first-order chi connectivity index (χ1) is 11.4. The quantitative estimate of drug-likeness (QED) is 0.733. The molecule has 0 fully saturated rings. The minimum absolute atomic E-state index is 0.110. The monoisotopic (exact) mass is 355 g/mol. The van der Waals surface area contributed by atoms with Crippen molar-refractivity contribution >= 4 is 33.3 Å². The molecule has 1 amide bonds. The number of carbonyl (C=O) groups is 1. The van der Waals surface area contributed by atoms with E-state index in [0.717, 1.165) is 22.1 Å². The van der Waals surface area contributed by atoms with E-state index in [2.05, 4.69) is 15.3 Å². The smallest absolute Gasteiger partial charge is 0.434 e. The minimum Gasteiger partial charge on any atom is -0.494 e. The Hall–Kier alpha value is -2.55. The molecule has 3 rings (SSSR count). The van der Waals surface area contributed by atoms with Crippen LogP contribution in [0.3, 0.4) is 0 Å². The highest BCUT2D eigenvalue weighted by Gasteiger charge is 2.34. The van der Waals surface area contributed by atoms with Crippen LogP contribution in [-0.4, -0.2) is 22.5 Å². The van der Waals surface area contributed by atoms with Crippen LogP contribution in [0.15, 0.2) is 29.6 Å². The third-order valence-corrected chi connectivity index (χ3v) is 3.92. The number of rotatable bonds is 4. The molecule has 0 aliphatic carbocycles. The van der Waals surface area contributed by atoms with Gasteiger partial charge in [-0.05, 0) is 25.1 Å². The fraction of sp³-hybridized carbons (Fsp3) is 0.200. The molecule has 2 N–H and O–H groups in total. The number of halogens is 3. The van der Waals surface area contributed by atoms with E-state index < -0.39 is 17.8 Å². The molecule has 5 nitrogen and oxygen atoms in total. The second kappa shape index (κ2) is 6.16. The van der Waals surface area contributed by atoms with E-state index in [1.807, 2.05) is 6.92 Å². The summed E-state index contributed by atoms with van der Waals surface area (Å²) in [6, 6.07) is 6.93. The first-order valence-corrected chi connectivity index (χ1v) is 7.84. The number of anilines is 1. The Kier molecular flexibility index (Phi) is 4.18. The summed E-state index contributed by atoms with van der Waals surface area (Å²) in [4.78, 5) is 18.4. The molecule has 2 heterocycles. The van der Waals surface area contributed by atoms with Crippen LogP contribution in [0.5, 0.6) is 5.75 Å². The Morgan fingerprint density at radius 2 is 2.17 bits per heavy atom. The predicted octanol–water partition coefficient (Wildman–Crippen LogP) is 4.29. The molecule has 9 heteroatoms. The molecular formula is C15H12F3N3O2S. The van der Waals surface area contributed by atoms with Crippen molar-refractivity contribution in [2.45, 2.75) is 13.1 Å². The van der Waals surface area contributed by atoms with E-state index in [-0.39, 0.29) is 10.8 Å². The van der Waals surface area contributed by atoms with Crippen LogP contribution in [0.1, 0.15) is 23.1 Å². The summed E-state index contributed by atoms with van der Waals surface area (Å²) in [7, 11) is 0. The van der Waals surface area contributed by atoms with Gasteiger partial charge in [0.15, 0.2) is 10.8 Å². The number of thiazole rings is 1. The number of benzene rings is 1. The summed E-state index contributed by atoms with van der Waals surface area (Å²) in [5.41, 5.74) is -0.107. The van der Waals surface area contributed by atoms with Gasteiger partial charge in [-0.15, -0.1) is 11.3 Å². The molecule has 0 aliphatic heterocycles. The lowest BCUT2D eigenvalue weighted by Crippen LogP contribution is -2.13. The molecule has 0 unspecified atom stereocenters. The molecule has 3 aromatic rings. The van der Waals surface area contributed by atoms with Gasteiger partial charge in [0.2, 0.25) is 0 Å². The maximum absolute atomic E-state index is 12.5. The molecule has 0 saturated carbocycles. The third kappa shape index (κ3) is 3.35. The number of hydrogen-bond acceptors (Lipinski definition) is 4. The lowest BCUT2D eigenvalue weighted by Gasteiger charge is -2.01. The van der Waals surface area contributed by atoms with Gasteiger partial charge in [-0.1, -0.05) is 0 Å². The molecule has 24 heavy (non-hydrogen) atoms. The van der Waals surface area contributed by atoms with Gasteiger partial charge in [-0.2, -0.15) is 13.2 Å². The molecule has 1 aromatic carbocycles. The molecule has 2 aromatic heterocycles. The van der Waals surface area contributed by atoms with Gasteiger partial charge in [-0.3, -0.25) is 10.1 Å². The Labute approximate surface area is 138 Å². The number of ether oxygens (including phenoxy) is 1. The number of H-pyrrole nitrogens is 1. The average Bonchev–Trinajstić information content (AvgIpc) is 3.13. The van der Waals surface area contributed by atoms with Crippen molar-refractivity contribution in [1.82, 2.24) is 9.97 Å². The van der Waals surface area contributed by atoms with Gasteiger partial charge in [-0.25, -0.2) is 4.98 Å². The van der Waals surface area contributed by atoms with E-state index in [4.69, 9.17) is 4.74 Å².